The maximum Gasteiger partial charge on any atom is 0.324 e. The van der Waals surface area contributed by atoms with E-state index >= 15 is 0 Å². The van der Waals surface area contributed by atoms with E-state index < -0.39 is 17.9 Å². The van der Waals surface area contributed by atoms with Crippen molar-refractivity contribution in [3.8, 4) is 0 Å². The van der Waals surface area contributed by atoms with Crippen LogP contribution in [0.25, 0.3) is 0 Å². The van der Waals surface area contributed by atoms with Crippen molar-refractivity contribution in [2.45, 2.75) is 27.7 Å². The molecule has 0 saturated carbocycles. The molecule has 0 bridgehead atoms. The standard InChI is InChI=1S/C12H20O4/c1-5-15-11(13)10(8-7-9(3)4)12(14)16-6-2/h7-10H,5-6H2,1-4H3. The van der Waals surface area contributed by atoms with Crippen molar-refractivity contribution in [1.82, 2.24) is 0 Å². The lowest BCUT2D eigenvalue weighted by Gasteiger charge is -2.10. The van der Waals surface area contributed by atoms with Gasteiger partial charge in [0, 0.05) is 0 Å². The summed E-state index contributed by atoms with van der Waals surface area (Å²) in [6.45, 7) is 7.83. The highest BCUT2D eigenvalue weighted by atomic mass is 16.6. The van der Waals surface area contributed by atoms with E-state index in [1.165, 1.54) is 0 Å². The summed E-state index contributed by atoms with van der Waals surface area (Å²) in [7, 11) is 0. The second-order valence-electron chi connectivity index (χ2n) is 3.61. The largest absolute Gasteiger partial charge is 0.465 e. The molecule has 92 valence electrons. The van der Waals surface area contributed by atoms with Crippen LogP contribution >= 0.6 is 0 Å². The molecule has 0 aromatic rings. The third-order valence-electron chi connectivity index (χ3n) is 1.77. The molecule has 0 aromatic heterocycles. The minimum absolute atomic E-state index is 0.254. The SMILES string of the molecule is CCOC(=O)C(C=CC(C)C)C(=O)OCC. The molecule has 0 fully saturated rings. The van der Waals surface area contributed by atoms with E-state index in [1.807, 2.05) is 13.8 Å². The van der Waals surface area contributed by atoms with Gasteiger partial charge in [-0.05, 0) is 19.8 Å². The number of ether oxygens (including phenoxy) is 2. The second kappa shape index (κ2) is 7.91. The Labute approximate surface area is 96.6 Å². The number of rotatable bonds is 6. The average molecular weight is 228 g/mol. The van der Waals surface area contributed by atoms with Gasteiger partial charge in [0.25, 0.3) is 0 Å². The van der Waals surface area contributed by atoms with Gasteiger partial charge in [-0.2, -0.15) is 0 Å². The zero-order chi connectivity index (χ0) is 12.6. The summed E-state index contributed by atoms with van der Waals surface area (Å²) < 4.78 is 9.63. The van der Waals surface area contributed by atoms with Gasteiger partial charge in [-0.3, -0.25) is 9.59 Å². The van der Waals surface area contributed by atoms with Crippen LogP contribution in [0.2, 0.25) is 0 Å². The van der Waals surface area contributed by atoms with Gasteiger partial charge in [0.15, 0.2) is 5.92 Å². The molecule has 0 heterocycles. The van der Waals surface area contributed by atoms with Crippen molar-refractivity contribution in [2.24, 2.45) is 11.8 Å². The third-order valence-corrected chi connectivity index (χ3v) is 1.77. The Morgan fingerprint density at radius 3 is 1.75 bits per heavy atom. The van der Waals surface area contributed by atoms with Crippen molar-refractivity contribution in [3.05, 3.63) is 12.2 Å². The smallest absolute Gasteiger partial charge is 0.324 e. The Balaban J connectivity index is 4.62. The topological polar surface area (TPSA) is 52.6 Å². The molecule has 0 atom stereocenters. The zero-order valence-electron chi connectivity index (χ0n) is 10.4. The molecule has 0 amide bonds. The summed E-state index contributed by atoms with van der Waals surface area (Å²) in [6, 6.07) is 0. The maximum absolute atomic E-state index is 11.5. The summed E-state index contributed by atoms with van der Waals surface area (Å²) in [5.74, 6) is -1.79. The number of allylic oxidation sites excluding steroid dienone is 1. The number of hydrogen-bond acceptors (Lipinski definition) is 4. The molecule has 16 heavy (non-hydrogen) atoms. The molecule has 0 saturated heterocycles. The molecule has 4 nitrogen and oxygen atoms in total. The summed E-state index contributed by atoms with van der Waals surface area (Å²) in [6.07, 6.45) is 3.33. The molecule has 0 aliphatic heterocycles. The van der Waals surface area contributed by atoms with E-state index in [2.05, 4.69) is 0 Å². The van der Waals surface area contributed by atoms with E-state index in [-0.39, 0.29) is 19.1 Å². The number of carbonyl (C=O) groups excluding carboxylic acids is 2. The maximum atomic E-state index is 11.5. The zero-order valence-corrected chi connectivity index (χ0v) is 10.4. The Hall–Kier alpha value is -1.32. The van der Waals surface area contributed by atoms with Crippen LogP contribution in [0.15, 0.2) is 12.2 Å². The molecule has 0 aliphatic rings. The van der Waals surface area contributed by atoms with E-state index in [4.69, 9.17) is 9.47 Å². The van der Waals surface area contributed by atoms with Gasteiger partial charge in [0.1, 0.15) is 0 Å². The summed E-state index contributed by atoms with van der Waals surface area (Å²) in [4.78, 5) is 23.0. The van der Waals surface area contributed by atoms with Gasteiger partial charge in [0.2, 0.25) is 0 Å². The molecule has 0 unspecified atom stereocenters. The van der Waals surface area contributed by atoms with E-state index in [9.17, 15) is 9.59 Å². The van der Waals surface area contributed by atoms with Crippen LogP contribution in [0.3, 0.4) is 0 Å². The van der Waals surface area contributed by atoms with Crippen LogP contribution in [0, 0.1) is 11.8 Å². The fourth-order valence-electron chi connectivity index (χ4n) is 1.05. The highest BCUT2D eigenvalue weighted by molar-refractivity contribution is 5.96. The quantitative estimate of drug-likeness (QED) is 0.396. The van der Waals surface area contributed by atoms with Crippen molar-refractivity contribution in [3.63, 3.8) is 0 Å². The summed E-state index contributed by atoms with van der Waals surface area (Å²) in [5.41, 5.74) is 0. The van der Waals surface area contributed by atoms with Gasteiger partial charge in [0.05, 0.1) is 13.2 Å². The fourth-order valence-corrected chi connectivity index (χ4v) is 1.05. The summed E-state index contributed by atoms with van der Waals surface area (Å²) >= 11 is 0. The average Bonchev–Trinajstić information content (AvgIpc) is 2.18. The van der Waals surface area contributed by atoms with Crippen molar-refractivity contribution in [2.75, 3.05) is 13.2 Å². The Morgan fingerprint density at radius 2 is 1.44 bits per heavy atom. The molecular formula is C12H20O4. The van der Waals surface area contributed by atoms with Crippen molar-refractivity contribution >= 4 is 11.9 Å². The molecular weight excluding hydrogens is 208 g/mol. The normalized spacial score (nSPS) is 11.1. The van der Waals surface area contributed by atoms with Crippen LogP contribution in [0.1, 0.15) is 27.7 Å². The minimum atomic E-state index is -0.942. The second-order valence-corrected chi connectivity index (χ2v) is 3.61. The predicted octanol–water partition coefficient (Wildman–Crippen LogP) is 1.94. The molecule has 0 N–H and O–H groups in total. The van der Waals surface area contributed by atoms with Gasteiger partial charge >= 0.3 is 11.9 Å². The number of esters is 2. The monoisotopic (exact) mass is 228 g/mol. The van der Waals surface area contributed by atoms with Crippen LogP contribution in [-0.2, 0) is 19.1 Å². The molecule has 0 aromatic carbocycles. The van der Waals surface area contributed by atoms with Crippen LogP contribution in [0.5, 0.6) is 0 Å². The van der Waals surface area contributed by atoms with Gasteiger partial charge in [-0.1, -0.05) is 26.0 Å². The fraction of sp³-hybridized carbons (Fsp3) is 0.667. The number of carbonyl (C=O) groups is 2. The first-order valence-corrected chi connectivity index (χ1v) is 5.54. The first-order chi connectivity index (χ1) is 7.52. The van der Waals surface area contributed by atoms with E-state index in [0.29, 0.717) is 0 Å². The van der Waals surface area contributed by atoms with Crippen LogP contribution in [-0.4, -0.2) is 25.2 Å². The lowest BCUT2D eigenvalue weighted by molar-refractivity contribution is -0.158. The van der Waals surface area contributed by atoms with E-state index in [0.717, 1.165) is 0 Å². The minimum Gasteiger partial charge on any atom is -0.465 e. The molecule has 0 aliphatic carbocycles. The first-order valence-electron chi connectivity index (χ1n) is 5.54. The first kappa shape index (κ1) is 14.7. The molecule has 0 radical (unpaired) electrons. The lowest BCUT2D eigenvalue weighted by Crippen LogP contribution is -2.26. The highest BCUT2D eigenvalue weighted by Gasteiger charge is 2.26. The Bertz CT molecular complexity index is 238. The Morgan fingerprint density at radius 1 is 1.00 bits per heavy atom. The lowest BCUT2D eigenvalue weighted by atomic mass is 10.1. The Kier molecular flexibility index (Phi) is 7.25. The van der Waals surface area contributed by atoms with Crippen molar-refractivity contribution in [1.29, 1.82) is 0 Å². The molecule has 0 spiro atoms. The van der Waals surface area contributed by atoms with Crippen LogP contribution < -0.4 is 0 Å². The van der Waals surface area contributed by atoms with Crippen molar-refractivity contribution < 1.29 is 19.1 Å². The summed E-state index contributed by atoms with van der Waals surface area (Å²) in [5, 5.41) is 0. The third kappa shape index (κ3) is 5.53. The van der Waals surface area contributed by atoms with Gasteiger partial charge < -0.3 is 9.47 Å². The number of hydrogen-bond donors (Lipinski definition) is 0. The highest BCUT2D eigenvalue weighted by Crippen LogP contribution is 2.08. The molecule has 0 rings (SSSR count). The molecule has 4 heteroatoms. The van der Waals surface area contributed by atoms with Crippen LogP contribution in [0.4, 0.5) is 0 Å². The van der Waals surface area contributed by atoms with Gasteiger partial charge in [-0.15, -0.1) is 0 Å². The van der Waals surface area contributed by atoms with E-state index in [1.54, 1.807) is 26.0 Å². The van der Waals surface area contributed by atoms with Gasteiger partial charge in [-0.25, -0.2) is 0 Å². The predicted molar refractivity (Wildman–Crippen MR) is 60.7 cm³/mol.